The van der Waals surface area contributed by atoms with Gasteiger partial charge in [0.15, 0.2) is 5.78 Å². The quantitative estimate of drug-likeness (QED) is 0.591. The Hall–Kier alpha value is -2.45. The van der Waals surface area contributed by atoms with Crippen molar-refractivity contribution >= 4 is 23.2 Å². The number of ketones is 1. The maximum atomic E-state index is 12.2. The number of ether oxygens (including phenoxy) is 1. The molecule has 0 radical (unpaired) electrons. The monoisotopic (exact) mass is 340 g/mol. The molecule has 0 saturated heterocycles. The molecule has 0 unspecified atom stereocenters. The number of aromatic nitrogens is 1. The summed E-state index contributed by atoms with van der Waals surface area (Å²) < 4.78 is 5.68. The van der Waals surface area contributed by atoms with Gasteiger partial charge in [-0.15, -0.1) is 11.3 Å². The summed E-state index contributed by atoms with van der Waals surface area (Å²) in [6.45, 7) is 7.79. The molecule has 0 aliphatic carbocycles. The summed E-state index contributed by atoms with van der Waals surface area (Å²) in [5.74, 6) is 0.558. The van der Waals surface area contributed by atoms with Gasteiger partial charge in [0.25, 0.3) is 0 Å². The van der Waals surface area contributed by atoms with Gasteiger partial charge in [-0.25, -0.2) is 4.98 Å². The Morgan fingerprint density at radius 1 is 1.33 bits per heavy atom. The van der Waals surface area contributed by atoms with Gasteiger partial charge in [-0.3, -0.25) is 4.79 Å². The van der Waals surface area contributed by atoms with Gasteiger partial charge in [0.2, 0.25) is 0 Å². The Morgan fingerprint density at radius 2 is 2.00 bits per heavy atom. The van der Waals surface area contributed by atoms with E-state index in [9.17, 15) is 10.1 Å². The number of hydrogen-bond acceptors (Lipinski definition) is 5. The predicted molar refractivity (Wildman–Crippen MR) is 95.7 cm³/mol. The van der Waals surface area contributed by atoms with Crippen molar-refractivity contribution in [1.82, 2.24) is 4.98 Å². The Morgan fingerprint density at radius 3 is 2.50 bits per heavy atom. The number of nitrogens with zero attached hydrogens (tertiary/aromatic N) is 2. The molecule has 24 heavy (non-hydrogen) atoms. The van der Waals surface area contributed by atoms with Crippen molar-refractivity contribution in [3.63, 3.8) is 0 Å². The summed E-state index contributed by atoms with van der Waals surface area (Å²) in [7, 11) is 0. The van der Waals surface area contributed by atoms with E-state index >= 15 is 0 Å². The number of nitriles is 1. The minimum Gasteiger partial charge on any atom is -0.487 e. The molecule has 5 heteroatoms. The van der Waals surface area contributed by atoms with Crippen LogP contribution >= 0.6 is 11.3 Å². The lowest BCUT2D eigenvalue weighted by molar-refractivity contribution is -0.121. The van der Waals surface area contributed by atoms with Crippen LogP contribution in [0.1, 0.15) is 37.0 Å². The largest absolute Gasteiger partial charge is 0.487 e. The number of Topliss-reactive ketones (excluding diaryl/α,β-unsaturated/α-hetero) is 1. The molecule has 1 aromatic heterocycles. The lowest BCUT2D eigenvalue weighted by atomic mass is 9.86. The molecule has 0 saturated carbocycles. The van der Waals surface area contributed by atoms with Crippen molar-refractivity contribution in [2.45, 2.75) is 34.3 Å². The van der Waals surface area contributed by atoms with Crippen molar-refractivity contribution in [2.75, 3.05) is 0 Å². The SMILES string of the molecule is Cc1nc(COc2ccc(/C=C(\C#N)C(=O)C(C)(C)C)cc2)cs1. The van der Waals surface area contributed by atoms with Crippen LogP contribution in [0.2, 0.25) is 0 Å². The van der Waals surface area contributed by atoms with Crippen LogP contribution in [-0.2, 0) is 11.4 Å². The molecule has 0 amide bonds. The summed E-state index contributed by atoms with van der Waals surface area (Å²) in [4.78, 5) is 16.6. The normalized spacial score (nSPS) is 11.9. The minimum absolute atomic E-state index is 0.161. The molecule has 0 aliphatic rings. The van der Waals surface area contributed by atoms with Gasteiger partial charge in [-0.05, 0) is 30.7 Å². The van der Waals surface area contributed by atoms with Crippen LogP contribution in [0.15, 0.2) is 35.2 Å². The molecule has 0 bridgehead atoms. The smallest absolute Gasteiger partial charge is 0.178 e. The highest BCUT2D eigenvalue weighted by molar-refractivity contribution is 7.09. The van der Waals surface area contributed by atoms with E-state index in [0.29, 0.717) is 6.61 Å². The lowest BCUT2D eigenvalue weighted by Gasteiger charge is -2.15. The molecule has 0 aliphatic heterocycles. The molecule has 0 N–H and O–H groups in total. The van der Waals surface area contributed by atoms with Crippen molar-refractivity contribution in [1.29, 1.82) is 5.26 Å². The van der Waals surface area contributed by atoms with E-state index < -0.39 is 5.41 Å². The Kier molecular flexibility index (Phi) is 5.53. The fourth-order valence-corrected chi connectivity index (χ4v) is 2.61. The third kappa shape index (κ3) is 4.77. The maximum absolute atomic E-state index is 12.2. The Labute approximate surface area is 146 Å². The van der Waals surface area contributed by atoms with E-state index in [2.05, 4.69) is 4.98 Å². The lowest BCUT2D eigenvalue weighted by Crippen LogP contribution is -2.21. The van der Waals surface area contributed by atoms with E-state index in [-0.39, 0.29) is 11.4 Å². The molecule has 124 valence electrons. The van der Waals surface area contributed by atoms with Crippen LogP contribution in [0.5, 0.6) is 5.75 Å². The summed E-state index contributed by atoms with van der Waals surface area (Å²) in [6, 6.07) is 9.29. The zero-order valence-electron chi connectivity index (χ0n) is 14.3. The summed E-state index contributed by atoms with van der Waals surface area (Å²) in [5.41, 5.74) is 1.29. The fraction of sp³-hybridized carbons (Fsp3) is 0.316. The van der Waals surface area contributed by atoms with E-state index in [1.54, 1.807) is 38.2 Å². The number of benzene rings is 1. The first-order valence-electron chi connectivity index (χ1n) is 7.60. The minimum atomic E-state index is -0.573. The Balaban J connectivity index is 2.07. The molecule has 0 atom stereocenters. The molecule has 1 heterocycles. The summed E-state index contributed by atoms with van der Waals surface area (Å²) in [6.07, 6.45) is 1.61. The van der Waals surface area contributed by atoms with Crippen LogP contribution in [0.25, 0.3) is 6.08 Å². The molecular weight excluding hydrogens is 320 g/mol. The summed E-state index contributed by atoms with van der Waals surface area (Å²) >= 11 is 1.59. The van der Waals surface area contributed by atoms with Gasteiger partial charge < -0.3 is 4.74 Å². The van der Waals surface area contributed by atoms with Gasteiger partial charge >= 0.3 is 0 Å². The molecular formula is C19H20N2O2S. The molecule has 0 spiro atoms. The van der Waals surface area contributed by atoms with Crippen LogP contribution in [0, 0.1) is 23.7 Å². The van der Waals surface area contributed by atoms with Crippen LogP contribution in [0.4, 0.5) is 0 Å². The number of allylic oxidation sites excluding steroid dienone is 1. The first-order chi connectivity index (χ1) is 11.3. The average molecular weight is 340 g/mol. The fourth-order valence-electron chi connectivity index (χ4n) is 2.01. The highest BCUT2D eigenvalue weighted by Crippen LogP contribution is 2.22. The van der Waals surface area contributed by atoms with Crippen molar-refractivity contribution in [3.8, 4) is 11.8 Å². The van der Waals surface area contributed by atoms with Gasteiger partial charge in [0.05, 0.1) is 16.3 Å². The first kappa shape index (κ1) is 17.9. The molecule has 2 rings (SSSR count). The topological polar surface area (TPSA) is 63.0 Å². The Bertz CT molecular complexity index is 790. The maximum Gasteiger partial charge on any atom is 0.178 e. The number of aryl methyl sites for hydroxylation is 1. The third-order valence-electron chi connectivity index (χ3n) is 3.29. The standard InChI is InChI=1S/C19H20N2O2S/c1-13-21-16(12-24-13)11-23-17-7-5-14(6-8-17)9-15(10-20)18(22)19(2,3)4/h5-9,12H,11H2,1-4H3/b15-9+. The van der Waals surface area contributed by atoms with Gasteiger partial charge in [0.1, 0.15) is 18.4 Å². The van der Waals surface area contributed by atoms with Gasteiger partial charge in [0, 0.05) is 10.8 Å². The van der Waals surface area contributed by atoms with Crippen molar-refractivity contribution in [3.05, 3.63) is 51.5 Å². The molecule has 1 aromatic carbocycles. The average Bonchev–Trinajstić information content (AvgIpc) is 2.95. The van der Waals surface area contributed by atoms with Crippen LogP contribution < -0.4 is 4.74 Å². The van der Waals surface area contributed by atoms with Crippen LogP contribution in [-0.4, -0.2) is 10.8 Å². The van der Waals surface area contributed by atoms with E-state index in [1.807, 2.05) is 42.6 Å². The van der Waals surface area contributed by atoms with Crippen molar-refractivity contribution in [2.24, 2.45) is 5.41 Å². The number of carbonyl (C=O) groups is 1. The third-order valence-corrected chi connectivity index (χ3v) is 4.11. The number of carbonyl (C=O) groups excluding carboxylic acids is 1. The van der Waals surface area contributed by atoms with Gasteiger partial charge in [-0.2, -0.15) is 5.26 Å². The van der Waals surface area contributed by atoms with E-state index in [1.165, 1.54) is 0 Å². The second-order valence-corrected chi connectivity index (χ2v) is 7.53. The highest BCUT2D eigenvalue weighted by atomic mass is 32.1. The molecule has 0 fully saturated rings. The van der Waals surface area contributed by atoms with E-state index in [4.69, 9.17) is 4.74 Å². The zero-order chi connectivity index (χ0) is 17.7. The second kappa shape index (κ2) is 7.41. The second-order valence-electron chi connectivity index (χ2n) is 6.46. The predicted octanol–water partition coefficient (Wildman–Crippen LogP) is 4.55. The first-order valence-corrected chi connectivity index (χ1v) is 8.48. The van der Waals surface area contributed by atoms with Crippen LogP contribution in [0.3, 0.4) is 0 Å². The van der Waals surface area contributed by atoms with Crippen molar-refractivity contribution < 1.29 is 9.53 Å². The molecule has 4 nitrogen and oxygen atoms in total. The number of thiazole rings is 1. The van der Waals surface area contributed by atoms with Gasteiger partial charge in [-0.1, -0.05) is 32.9 Å². The molecule has 2 aromatic rings. The van der Waals surface area contributed by atoms with E-state index in [0.717, 1.165) is 22.0 Å². The highest BCUT2D eigenvalue weighted by Gasteiger charge is 2.24. The number of rotatable bonds is 5. The summed E-state index contributed by atoms with van der Waals surface area (Å²) in [5, 5.41) is 12.2. The number of hydrogen-bond donors (Lipinski definition) is 0. The zero-order valence-corrected chi connectivity index (χ0v) is 15.1.